The minimum absolute atomic E-state index is 0.0561. The second-order valence-electron chi connectivity index (χ2n) is 4.47. The molecule has 0 saturated heterocycles. The summed E-state index contributed by atoms with van der Waals surface area (Å²) in [6, 6.07) is 4.44. The summed E-state index contributed by atoms with van der Waals surface area (Å²) in [5, 5.41) is 12.8. The molecule has 1 aromatic rings. The zero-order valence-corrected chi connectivity index (χ0v) is 11.6. The summed E-state index contributed by atoms with van der Waals surface area (Å²) >= 11 is 0. The Morgan fingerprint density at radius 3 is 2.56 bits per heavy atom. The van der Waals surface area contributed by atoms with Crippen molar-refractivity contribution in [3.63, 3.8) is 0 Å². The Morgan fingerprint density at radius 1 is 1.44 bits per heavy atom. The van der Waals surface area contributed by atoms with E-state index in [9.17, 15) is 14.8 Å². The fourth-order valence-electron chi connectivity index (χ4n) is 1.35. The van der Waals surface area contributed by atoms with Crippen LogP contribution in [0.1, 0.15) is 6.92 Å². The van der Waals surface area contributed by atoms with Gasteiger partial charge in [-0.25, -0.2) is 4.79 Å². The first-order valence-corrected chi connectivity index (χ1v) is 8.24. The predicted molar refractivity (Wildman–Crippen MR) is 71.6 cm³/mol. The first kappa shape index (κ1) is 14.1. The van der Waals surface area contributed by atoms with E-state index < -0.39 is 14.3 Å². The molecule has 0 saturated carbocycles. The smallest absolute Gasteiger partial charge is 0.320 e. The summed E-state index contributed by atoms with van der Waals surface area (Å²) < 4.78 is 5.40. The molecule has 96 valence electrons. The summed E-state index contributed by atoms with van der Waals surface area (Å²) in [4.78, 5) is 22.1. The normalized spacial score (nSPS) is 10.8. The molecular formula is C12H15NO4Si. The van der Waals surface area contributed by atoms with Crippen molar-refractivity contribution in [2.75, 3.05) is 0 Å². The molecule has 0 atom stereocenters. The van der Waals surface area contributed by atoms with Gasteiger partial charge in [-0.15, -0.1) is 4.91 Å². The van der Waals surface area contributed by atoms with E-state index in [-0.39, 0.29) is 11.4 Å². The summed E-state index contributed by atoms with van der Waals surface area (Å²) in [6.45, 7) is 8.72. The van der Waals surface area contributed by atoms with E-state index in [0.29, 0.717) is 10.8 Å². The van der Waals surface area contributed by atoms with Crippen molar-refractivity contribution >= 4 is 25.2 Å². The highest BCUT2D eigenvalue weighted by Gasteiger charge is 2.30. The quantitative estimate of drug-likeness (QED) is 0.515. The number of nitroso groups, excluding NO2 is 1. The number of benzene rings is 1. The Hall–Kier alpha value is -1.95. The molecule has 0 unspecified atom stereocenters. The lowest BCUT2D eigenvalue weighted by Gasteiger charge is -2.23. The monoisotopic (exact) mass is 265 g/mol. The van der Waals surface area contributed by atoms with Gasteiger partial charge < -0.3 is 9.53 Å². The van der Waals surface area contributed by atoms with Crippen molar-refractivity contribution in [3.05, 3.63) is 35.3 Å². The van der Waals surface area contributed by atoms with Crippen LogP contribution < -0.4 is 5.19 Å². The van der Waals surface area contributed by atoms with Crippen LogP contribution in [0.5, 0.6) is 5.75 Å². The molecule has 0 spiro atoms. The zero-order chi connectivity index (χ0) is 13.9. The van der Waals surface area contributed by atoms with Crippen molar-refractivity contribution in [1.29, 1.82) is 0 Å². The van der Waals surface area contributed by atoms with Crippen LogP contribution in [0, 0.1) is 4.91 Å². The molecule has 6 heteroatoms. The molecule has 0 aromatic heterocycles. The molecule has 0 aliphatic carbocycles. The molecule has 1 rings (SSSR count). The number of carbonyl (C=O) groups is 1. The number of nitrogens with zero attached hydrogens (tertiary/aromatic N) is 1. The predicted octanol–water partition coefficient (Wildman–Crippen LogP) is 2.32. The Morgan fingerprint density at radius 2 is 2.06 bits per heavy atom. The van der Waals surface area contributed by atoms with E-state index in [1.54, 1.807) is 13.0 Å². The maximum absolute atomic E-state index is 11.5. The van der Waals surface area contributed by atoms with Gasteiger partial charge in [0.2, 0.25) is 0 Å². The first-order chi connectivity index (χ1) is 8.27. The maximum Gasteiger partial charge on any atom is 0.320 e. The van der Waals surface area contributed by atoms with Gasteiger partial charge in [-0.05, 0) is 42.5 Å². The van der Waals surface area contributed by atoms with Gasteiger partial charge in [0.15, 0.2) is 0 Å². The molecule has 18 heavy (non-hydrogen) atoms. The number of aromatic hydroxyl groups is 1. The number of hydrogen-bond donors (Lipinski definition) is 1. The molecule has 0 heterocycles. The van der Waals surface area contributed by atoms with Crippen LogP contribution in [0.4, 0.5) is 5.69 Å². The second-order valence-corrected chi connectivity index (χ2v) is 8.28. The Bertz CT molecular complexity index is 511. The fourth-order valence-corrected chi connectivity index (χ4v) is 3.07. The number of phenols is 1. The van der Waals surface area contributed by atoms with Gasteiger partial charge in [0.1, 0.15) is 11.4 Å². The highest BCUT2D eigenvalue weighted by atomic mass is 28.4. The lowest BCUT2D eigenvalue weighted by molar-refractivity contribution is -0.130. The minimum Gasteiger partial charge on any atom is -0.512 e. The topological polar surface area (TPSA) is 76.0 Å². The first-order valence-electron chi connectivity index (χ1n) is 5.33. The van der Waals surface area contributed by atoms with E-state index in [0.717, 1.165) is 0 Å². The van der Waals surface area contributed by atoms with Crippen LogP contribution in [0.3, 0.4) is 0 Å². The average Bonchev–Trinajstić information content (AvgIpc) is 2.28. The number of phenolic OH excluding ortho intramolecular Hbond substituents is 1. The van der Waals surface area contributed by atoms with Crippen LogP contribution >= 0.6 is 0 Å². The third-order valence-electron chi connectivity index (χ3n) is 2.47. The Labute approximate surface area is 106 Å². The average molecular weight is 265 g/mol. The van der Waals surface area contributed by atoms with Gasteiger partial charge in [0, 0.05) is 5.57 Å². The number of carbonyl (C=O) groups excluding carboxylic acids is 1. The number of rotatable bonds is 4. The molecule has 5 nitrogen and oxygen atoms in total. The molecule has 0 bridgehead atoms. The molecule has 0 aliphatic heterocycles. The zero-order valence-electron chi connectivity index (χ0n) is 10.6. The molecule has 0 aliphatic rings. The van der Waals surface area contributed by atoms with Gasteiger partial charge in [0.25, 0.3) is 8.32 Å². The van der Waals surface area contributed by atoms with Gasteiger partial charge >= 0.3 is 5.97 Å². The Kier molecular flexibility index (Phi) is 4.02. The van der Waals surface area contributed by atoms with E-state index in [2.05, 4.69) is 11.8 Å². The molecular weight excluding hydrogens is 250 g/mol. The SMILES string of the molecule is C=C(C)C(=O)O[Si](C)(C)c1ccc(O)c(N=O)c1. The van der Waals surface area contributed by atoms with Crippen LogP contribution in [0.2, 0.25) is 13.1 Å². The van der Waals surface area contributed by atoms with Crippen molar-refractivity contribution in [3.8, 4) is 5.75 Å². The third kappa shape index (κ3) is 3.04. The van der Waals surface area contributed by atoms with Crippen molar-refractivity contribution < 1.29 is 14.3 Å². The molecule has 1 N–H and O–H groups in total. The van der Waals surface area contributed by atoms with Crippen LogP contribution in [-0.4, -0.2) is 19.4 Å². The summed E-state index contributed by atoms with van der Waals surface area (Å²) in [5.41, 5.74) is 0.266. The van der Waals surface area contributed by atoms with E-state index in [1.807, 2.05) is 13.1 Å². The molecule has 1 aromatic carbocycles. The molecule has 0 radical (unpaired) electrons. The largest absolute Gasteiger partial charge is 0.512 e. The summed E-state index contributed by atoms with van der Waals surface area (Å²) in [6.07, 6.45) is 0. The maximum atomic E-state index is 11.5. The molecule has 0 amide bonds. The lowest BCUT2D eigenvalue weighted by atomic mass is 10.3. The van der Waals surface area contributed by atoms with Crippen molar-refractivity contribution in [2.24, 2.45) is 5.18 Å². The lowest BCUT2D eigenvalue weighted by Crippen LogP contribution is -2.46. The minimum atomic E-state index is -2.50. The van der Waals surface area contributed by atoms with Crippen molar-refractivity contribution in [2.45, 2.75) is 20.0 Å². The van der Waals surface area contributed by atoms with Crippen LogP contribution in [0.15, 0.2) is 35.5 Å². The van der Waals surface area contributed by atoms with E-state index >= 15 is 0 Å². The number of hydrogen-bond acceptors (Lipinski definition) is 5. The second kappa shape index (κ2) is 5.13. The summed E-state index contributed by atoms with van der Waals surface area (Å²) in [7, 11) is -2.50. The van der Waals surface area contributed by atoms with Gasteiger partial charge in [-0.3, -0.25) is 0 Å². The van der Waals surface area contributed by atoms with Gasteiger partial charge in [-0.2, -0.15) is 0 Å². The summed E-state index contributed by atoms with van der Waals surface area (Å²) in [5.74, 6) is -0.648. The van der Waals surface area contributed by atoms with E-state index in [4.69, 9.17) is 4.43 Å². The highest BCUT2D eigenvalue weighted by molar-refractivity contribution is 6.85. The van der Waals surface area contributed by atoms with E-state index in [1.165, 1.54) is 12.1 Å². The highest BCUT2D eigenvalue weighted by Crippen LogP contribution is 2.25. The van der Waals surface area contributed by atoms with Gasteiger partial charge in [0.05, 0.1) is 0 Å². The van der Waals surface area contributed by atoms with Crippen LogP contribution in [0.25, 0.3) is 0 Å². The van der Waals surface area contributed by atoms with Gasteiger partial charge in [-0.1, -0.05) is 12.6 Å². The molecule has 0 fully saturated rings. The fraction of sp³-hybridized carbons (Fsp3) is 0.250. The van der Waals surface area contributed by atoms with Crippen molar-refractivity contribution in [1.82, 2.24) is 0 Å². The Balaban J connectivity index is 3.08. The standard InChI is InChI=1S/C12H15NO4Si/c1-8(2)12(15)17-18(3,4)9-5-6-11(14)10(7-9)13-16/h5-7,14H,1H2,2-4H3. The third-order valence-corrected chi connectivity index (χ3v) is 4.86. The van der Waals surface area contributed by atoms with Crippen LogP contribution in [-0.2, 0) is 9.22 Å².